The molecule has 1 aromatic carbocycles. The van der Waals surface area contributed by atoms with Crippen LogP contribution < -0.4 is 15.4 Å². The van der Waals surface area contributed by atoms with Crippen LogP contribution in [0.3, 0.4) is 0 Å². The Hall–Kier alpha value is -2.99. The topological polar surface area (TPSA) is 140 Å². The molecule has 0 fully saturated rings. The molecule has 3 N–H and O–H groups in total. The van der Waals surface area contributed by atoms with Crippen molar-refractivity contribution in [3.05, 3.63) is 36.1 Å². The Morgan fingerprint density at radius 3 is 2.50 bits per heavy atom. The lowest BCUT2D eigenvalue weighted by atomic mass is 10.3. The van der Waals surface area contributed by atoms with Crippen molar-refractivity contribution >= 4 is 50.7 Å². The third-order valence-corrected chi connectivity index (χ3v) is 5.14. The van der Waals surface area contributed by atoms with Crippen LogP contribution >= 0.6 is 12.2 Å². The number of thiocarbonyl (C=S) groups is 1. The fourth-order valence-corrected chi connectivity index (χ4v) is 3.40. The largest absolute Gasteiger partial charge is 0.466 e. The Morgan fingerprint density at radius 2 is 1.90 bits per heavy atom. The maximum atomic E-state index is 12.3. The Bertz CT molecular complexity index is 1000. The first kappa shape index (κ1) is 23.3. The number of ether oxygens (including phenoxy) is 1. The van der Waals surface area contributed by atoms with Gasteiger partial charge in [0.05, 0.1) is 17.9 Å². The quantitative estimate of drug-likeness (QED) is 0.385. The minimum atomic E-state index is -3.83. The number of rotatable bonds is 9. The molecule has 0 aliphatic rings. The van der Waals surface area contributed by atoms with Gasteiger partial charge in [0.25, 0.3) is 10.0 Å². The summed E-state index contributed by atoms with van der Waals surface area (Å²) in [6.07, 6.45) is 0.607. The normalized spacial score (nSPS) is 10.9. The average molecular weight is 455 g/mol. The van der Waals surface area contributed by atoms with Crippen molar-refractivity contribution < 1.29 is 27.3 Å². The third-order valence-electron chi connectivity index (χ3n) is 3.57. The first-order valence-corrected chi connectivity index (χ1v) is 10.9. The lowest BCUT2D eigenvalue weighted by molar-refractivity contribution is -0.144. The Balaban J connectivity index is 1.85. The maximum absolute atomic E-state index is 12.3. The van der Waals surface area contributed by atoms with Crippen LogP contribution in [0.5, 0.6) is 0 Å². The summed E-state index contributed by atoms with van der Waals surface area (Å²) in [7, 11) is -3.83. The Labute approximate surface area is 179 Å². The number of anilines is 2. The monoisotopic (exact) mass is 454 g/mol. The molecule has 0 aliphatic carbocycles. The van der Waals surface area contributed by atoms with Gasteiger partial charge in [-0.15, -0.1) is 0 Å². The zero-order chi connectivity index (χ0) is 22.1. The molecule has 1 heterocycles. The molecule has 30 heavy (non-hydrogen) atoms. The second-order valence-electron chi connectivity index (χ2n) is 6.18. The molecule has 162 valence electrons. The fourth-order valence-electron chi connectivity index (χ4n) is 2.18. The summed E-state index contributed by atoms with van der Waals surface area (Å²) < 4.78 is 36.7. The van der Waals surface area contributed by atoms with E-state index in [2.05, 4.69) is 20.5 Å². The first-order chi connectivity index (χ1) is 14.2. The van der Waals surface area contributed by atoms with E-state index in [-0.39, 0.29) is 28.7 Å². The van der Waals surface area contributed by atoms with E-state index in [1.807, 2.05) is 6.92 Å². The molecule has 0 bridgehead atoms. The van der Waals surface area contributed by atoms with Gasteiger partial charge in [0.2, 0.25) is 5.91 Å². The predicted molar refractivity (Wildman–Crippen MR) is 113 cm³/mol. The second-order valence-corrected chi connectivity index (χ2v) is 8.27. The van der Waals surface area contributed by atoms with Crippen molar-refractivity contribution in [2.24, 2.45) is 0 Å². The molecule has 2 aromatic rings. The van der Waals surface area contributed by atoms with E-state index >= 15 is 0 Å². The van der Waals surface area contributed by atoms with Gasteiger partial charge < -0.3 is 19.9 Å². The number of benzene rings is 1. The molecule has 10 nitrogen and oxygen atoms in total. The number of hydrogen-bond donors (Lipinski definition) is 3. The van der Waals surface area contributed by atoms with E-state index in [9.17, 15) is 18.0 Å². The molecule has 2 rings (SSSR count). The minimum Gasteiger partial charge on any atom is -0.466 e. The number of carbonyl (C=O) groups excluding carboxylic acids is 2. The number of aromatic nitrogens is 1. The van der Waals surface area contributed by atoms with Gasteiger partial charge in [-0.2, -0.15) is 0 Å². The van der Waals surface area contributed by atoms with E-state index < -0.39 is 21.9 Å². The van der Waals surface area contributed by atoms with Crippen LogP contribution in [0.25, 0.3) is 0 Å². The number of esters is 1. The van der Waals surface area contributed by atoms with Crippen molar-refractivity contribution in [2.45, 2.75) is 38.0 Å². The van der Waals surface area contributed by atoms with Gasteiger partial charge in [0, 0.05) is 18.2 Å². The van der Waals surface area contributed by atoms with Gasteiger partial charge in [-0.1, -0.05) is 12.1 Å². The number of nitrogens with one attached hydrogen (secondary N) is 3. The highest BCUT2D eigenvalue weighted by Crippen LogP contribution is 2.18. The van der Waals surface area contributed by atoms with Crippen LogP contribution in [0.4, 0.5) is 11.5 Å². The molecule has 1 aromatic heterocycles. The highest BCUT2D eigenvalue weighted by molar-refractivity contribution is 7.92. The van der Waals surface area contributed by atoms with E-state index in [4.69, 9.17) is 21.5 Å². The zero-order valence-corrected chi connectivity index (χ0v) is 18.1. The molecular weight excluding hydrogens is 432 g/mol. The lowest BCUT2D eigenvalue weighted by Crippen LogP contribution is -2.34. The van der Waals surface area contributed by atoms with E-state index in [0.717, 1.165) is 0 Å². The summed E-state index contributed by atoms with van der Waals surface area (Å²) in [6.45, 7) is 3.84. The summed E-state index contributed by atoms with van der Waals surface area (Å²) in [5, 5.41) is 8.82. The fraction of sp³-hybridized carbons (Fsp3) is 0.333. The highest BCUT2D eigenvalue weighted by Gasteiger charge is 2.16. The molecule has 0 atom stereocenters. The predicted octanol–water partition coefficient (Wildman–Crippen LogP) is 2.33. The van der Waals surface area contributed by atoms with Crippen LogP contribution in [-0.4, -0.2) is 37.2 Å². The number of nitrogens with zero attached hydrogens (tertiary/aromatic N) is 1. The summed E-state index contributed by atoms with van der Waals surface area (Å²) >= 11 is 5.05. The Kier molecular flexibility index (Phi) is 8.30. The van der Waals surface area contributed by atoms with Gasteiger partial charge in [-0.25, -0.2) is 8.42 Å². The van der Waals surface area contributed by atoms with Crippen LogP contribution in [0.2, 0.25) is 0 Å². The molecular formula is C18H22N4O6S2. The van der Waals surface area contributed by atoms with Gasteiger partial charge >= 0.3 is 5.97 Å². The van der Waals surface area contributed by atoms with Crippen LogP contribution in [-0.2, 0) is 24.3 Å². The average Bonchev–Trinajstić information content (AvgIpc) is 3.09. The number of sulfonamides is 1. The molecule has 12 heteroatoms. The van der Waals surface area contributed by atoms with Crippen LogP contribution in [0.15, 0.2) is 39.8 Å². The number of amides is 1. The standard InChI is InChI=1S/C18H22N4O6S2/c1-3-10-27-17(24)9-8-16(23)20-18(29)19-13-4-6-14(7-5-13)30(25,26)22-15-11-12(2)28-21-15/h4-7,11H,3,8-10H2,1-2H3,(H,21,22)(H2,19,20,23,29). The number of carbonyl (C=O) groups is 2. The second kappa shape index (κ2) is 10.7. The smallest absolute Gasteiger partial charge is 0.306 e. The van der Waals surface area contributed by atoms with Gasteiger partial charge in [-0.3, -0.25) is 14.3 Å². The molecule has 0 unspecified atom stereocenters. The third kappa shape index (κ3) is 7.44. The molecule has 1 amide bonds. The van der Waals surface area contributed by atoms with Crippen LogP contribution in [0, 0.1) is 6.92 Å². The van der Waals surface area contributed by atoms with Gasteiger partial charge in [-0.05, 0) is 49.8 Å². The number of aryl methyl sites for hydroxylation is 1. The molecule has 0 saturated carbocycles. The zero-order valence-electron chi connectivity index (χ0n) is 16.4. The van der Waals surface area contributed by atoms with E-state index in [0.29, 0.717) is 24.5 Å². The van der Waals surface area contributed by atoms with Crippen molar-refractivity contribution in [3.63, 3.8) is 0 Å². The Morgan fingerprint density at radius 1 is 1.20 bits per heavy atom. The van der Waals surface area contributed by atoms with Gasteiger partial charge in [0.15, 0.2) is 10.9 Å². The SMILES string of the molecule is CCCOC(=O)CCC(=O)NC(=S)Nc1ccc(S(=O)(=O)Nc2cc(C)on2)cc1. The van der Waals surface area contributed by atoms with E-state index in [1.165, 1.54) is 30.3 Å². The van der Waals surface area contributed by atoms with E-state index in [1.54, 1.807) is 6.92 Å². The summed E-state index contributed by atoms with van der Waals surface area (Å²) in [6, 6.07) is 7.17. The summed E-state index contributed by atoms with van der Waals surface area (Å²) in [5.41, 5.74) is 0.471. The maximum Gasteiger partial charge on any atom is 0.306 e. The van der Waals surface area contributed by atoms with Crippen molar-refractivity contribution in [2.75, 3.05) is 16.6 Å². The van der Waals surface area contributed by atoms with Crippen molar-refractivity contribution in [1.29, 1.82) is 0 Å². The van der Waals surface area contributed by atoms with Crippen LogP contribution in [0.1, 0.15) is 31.9 Å². The molecule has 0 aliphatic heterocycles. The molecule has 0 spiro atoms. The molecule has 0 saturated heterocycles. The first-order valence-electron chi connectivity index (χ1n) is 9.02. The highest BCUT2D eigenvalue weighted by atomic mass is 32.2. The summed E-state index contributed by atoms with van der Waals surface area (Å²) in [4.78, 5) is 23.2. The molecule has 0 radical (unpaired) electrons. The minimum absolute atomic E-state index is 0.00856. The van der Waals surface area contributed by atoms with Gasteiger partial charge in [0.1, 0.15) is 5.76 Å². The van der Waals surface area contributed by atoms with Crippen molar-refractivity contribution in [1.82, 2.24) is 10.5 Å². The van der Waals surface area contributed by atoms with Crippen molar-refractivity contribution in [3.8, 4) is 0 Å². The lowest BCUT2D eigenvalue weighted by Gasteiger charge is -2.10. The number of hydrogen-bond acceptors (Lipinski definition) is 8. The summed E-state index contributed by atoms with van der Waals surface area (Å²) in [5.74, 6) is -0.331.